The first-order valence-corrected chi connectivity index (χ1v) is 40.1. The molecule has 0 aromatic heterocycles. The van der Waals surface area contributed by atoms with Crippen LogP contribution in [0.3, 0.4) is 0 Å². The van der Waals surface area contributed by atoms with Crippen molar-refractivity contribution in [1.29, 1.82) is 0 Å². The fourth-order valence-electron chi connectivity index (χ4n) is 12.9. The van der Waals surface area contributed by atoms with Crippen molar-refractivity contribution in [2.75, 3.05) is 13.2 Å². The number of esters is 1. The number of aliphatic hydroxyl groups excluding tert-OH is 2. The van der Waals surface area contributed by atoms with Crippen LogP contribution in [0.2, 0.25) is 0 Å². The number of unbranched alkanes of at least 4 members (excludes halogenated alkanes) is 63. The number of rotatable bonds is 76. The van der Waals surface area contributed by atoms with Gasteiger partial charge in [0, 0.05) is 12.8 Å². The fourth-order valence-corrected chi connectivity index (χ4v) is 12.9. The molecule has 516 valence electrons. The lowest BCUT2D eigenvalue weighted by Crippen LogP contribution is -2.45. The van der Waals surface area contributed by atoms with E-state index >= 15 is 0 Å². The molecule has 0 bridgehead atoms. The highest BCUT2D eigenvalue weighted by molar-refractivity contribution is 5.76. The zero-order chi connectivity index (χ0) is 62.8. The molecule has 0 aliphatic heterocycles. The molecule has 0 aromatic carbocycles. The van der Waals surface area contributed by atoms with Crippen molar-refractivity contribution in [1.82, 2.24) is 5.32 Å². The highest BCUT2D eigenvalue weighted by Crippen LogP contribution is 2.20. The maximum Gasteiger partial charge on any atom is 0.305 e. The molecule has 2 atom stereocenters. The van der Waals surface area contributed by atoms with Gasteiger partial charge in [-0.05, 0) is 57.8 Å². The molecule has 6 nitrogen and oxygen atoms in total. The third-order valence-electron chi connectivity index (χ3n) is 19.0. The Balaban J connectivity index is 3.39. The van der Waals surface area contributed by atoms with E-state index in [-0.39, 0.29) is 18.5 Å². The van der Waals surface area contributed by atoms with Gasteiger partial charge in [0.15, 0.2) is 0 Å². The number of allylic oxidation sites excluding steroid dienone is 3. The smallest absolute Gasteiger partial charge is 0.305 e. The summed E-state index contributed by atoms with van der Waals surface area (Å²) in [5.74, 6) is -0.0418. The molecule has 0 aliphatic rings. The summed E-state index contributed by atoms with van der Waals surface area (Å²) < 4.78 is 5.51. The van der Waals surface area contributed by atoms with Gasteiger partial charge < -0.3 is 20.3 Å². The summed E-state index contributed by atoms with van der Waals surface area (Å²) >= 11 is 0. The Hall–Kier alpha value is -1.66. The van der Waals surface area contributed by atoms with Crippen LogP contribution in [0.1, 0.15) is 457 Å². The van der Waals surface area contributed by atoms with Crippen LogP contribution in [0, 0.1) is 0 Å². The maximum absolute atomic E-state index is 12.6. The number of amides is 1. The Labute approximate surface area is 545 Å². The first-order valence-electron chi connectivity index (χ1n) is 40.1. The van der Waals surface area contributed by atoms with Gasteiger partial charge in [-0.1, -0.05) is 411 Å². The molecule has 0 rings (SSSR count). The highest BCUT2D eigenvalue weighted by atomic mass is 16.5. The van der Waals surface area contributed by atoms with Crippen molar-refractivity contribution in [3.63, 3.8) is 0 Å². The molecule has 0 saturated heterocycles. The molecule has 0 fully saturated rings. The largest absolute Gasteiger partial charge is 0.466 e. The quantitative estimate of drug-likeness (QED) is 0.0320. The molecule has 0 radical (unpaired) electrons. The summed E-state index contributed by atoms with van der Waals surface area (Å²) in [5, 5.41) is 23.3. The van der Waals surface area contributed by atoms with Crippen LogP contribution in [-0.4, -0.2) is 47.4 Å². The Morgan fingerprint density at radius 1 is 0.310 bits per heavy atom. The van der Waals surface area contributed by atoms with Gasteiger partial charge in [-0.3, -0.25) is 9.59 Å². The van der Waals surface area contributed by atoms with E-state index in [1.807, 2.05) is 6.08 Å². The molecule has 0 heterocycles. The number of aliphatic hydroxyl groups is 2. The molecule has 87 heavy (non-hydrogen) atoms. The molecule has 2 unspecified atom stereocenters. The molecule has 0 saturated carbocycles. The van der Waals surface area contributed by atoms with E-state index in [4.69, 9.17) is 4.74 Å². The first kappa shape index (κ1) is 85.3. The van der Waals surface area contributed by atoms with Crippen molar-refractivity contribution >= 4 is 11.9 Å². The Morgan fingerprint density at radius 2 is 0.540 bits per heavy atom. The minimum absolute atomic E-state index is 0.0206. The number of hydrogen-bond donors (Lipinski definition) is 3. The van der Waals surface area contributed by atoms with Gasteiger partial charge in [-0.2, -0.15) is 0 Å². The van der Waals surface area contributed by atoms with Crippen molar-refractivity contribution in [2.45, 2.75) is 469 Å². The van der Waals surface area contributed by atoms with Crippen molar-refractivity contribution in [2.24, 2.45) is 0 Å². The summed E-state index contributed by atoms with van der Waals surface area (Å²) in [6.45, 7) is 4.96. The first-order chi connectivity index (χ1) is 43.0. The zero-order valence-electron chi connectivity index (χ0n) is 59.3. The molecule has 6 heteroatoms. The SMILES string of the molecule is CCCCCCCCCCCCCCCCCCCCCCCCC/C=C/C(O)C(CO)NC(=O)CCCCCCCCCCCCCC/C=C\CCCCCCCCCCCCCCOC(=O)CCCCCCCCCCCCCCCCCCC. The van der Waals surface area contributed by atoms with E-state index in [2.05, 4.69) is 31.3 Å². The summed E-state index contributed by atoms with van der Waals surface area (Å²) in [7, 11) is 0. The van der Waals surface area contributed by atoms with Crippen molar-refractivity contribution in [3.05, 3.63) is 24.3 Å². The second-order valence-electron chi connectivity index (χ2n) is 27.8. The highest BCUT2D eigenvalue weighted by Gasteiger charge is 2.18. The maximum atomic E-state index is 12.6. The van der Waals surface area contributed by atoms with Gasteiger partial charge in [0.2, 0.25) is 5.91 Å². The number of ether oxygens (including phenoxy) is 1. The summed E-state index contributed by atoms with van der Waals surface area (Å²) in [6, 6.07) is -0.629. The molecule has 0 spiro atoms. The third-order valence-corrected chi connectivity index (χ3v) is 19.0. The average Bonchev–Trinajstić information content (AvgIpc) is 3.58. The minimum atomic E-state index is -0.846. The summed E-state index contributed by atoms with van der Waals surface area (Å²) in [6.07, 6.45) is 98.7. The van der Waals surface area contributed by atoms with Crippen LogP contribution in [-0.2, 0) is 14.3 Å². The zero-order valence-corrected chi connectivity index (χ0v) is 59.3. The molecule has 0 aromatic rings. The predicted molar refractivity (Wildman–Crippen MR) is 384 cm³/mol. The number of carbonyl (C=O) groups excluding carboxylic acids is 2. The van der Waals surface area contributed by atoms with Gasteiger partial charge in [0.1, 0.15) is 0 Å². The van der Waals surface area contributed by atoms with Crippen LogP contribution in [0.4, 0.5) is 0 Å². The fraction of sp³-hybridized carbons (Fsp3) is 0.926. The van der Waals surface area contributed by atoms with Crippen LogP contribution in [0.15, 0.2) is 24.3 Å². The van der Waals surface area contributed by atoms with E-state index < -0.39 is 12.1 Å². The molecular formula is C81H157NO5. The van der Waals surface area contributed by atoms with E-state index in [1.54, 1.807) is 6.08 Å². The lowest BCUT2D eigenvalue weighted by molar-refractivity contribution is -0.143. The molecular weight excluding hydrogens is 1070 g/mol. The standard InChI is InChI=1S/C81H157NO5/c1-3-5-7-9-11-13-15-17-19-21-22-23-24-29-32-35-38-42-45-49-53-57-61-65-69-73-79(84)78(77-83)82-80(85)74-70-66-62-58-54-50-46-43-39-36-33-30-27-25-26-28-31-34-37-40-44-48-52-56-60-64-68-72-76-87-81(86)75-71-67-63-59-55-51-47-41-20-18-16-14-12-10-8-6-4-2/h25-26,69,73,78-79,83-84H,3-24,27-68,70-72,74-77H2,1-2H3,(H,82,85)/b26-25-,73-69+. The van der Waals surface area contributed by atoms with Crippen LogP contribution in [0.25, 0.3) is 0 Å². The molecule has 3 N–H and O–H groups in total. The van der Waals surface area contributed by atoms with Gasteiger partial charge >= 0.3 is 5.97 Å². The van der Waals surface area contributed by atoms with E-state index in [0.29, 0.717) is 19.4 Å². The third kappa shape index (κ3) is 73.3. The Morgan fingerprint density at radius 3 is 0.816 bits per heavy atom. The molecule has 1 amide bonds. The second kappa shape index (κ2) is 76.8. The lowest BCUT2D eigenvalue weighted by atomic mass is 10.0. The van der Waals surface area contributed by atoms with Gasteiger partial charge in [-0.25, -0.2) is 0 Å². The Kier molecular flexibility index (Phi) is 75.3. The van der Waals surface area contributed by atoms with Crippen LogP contribution in [0.5, 0.6) is 0 Å². The minimum Gasteiger partial charge on any atom is -0.466 e. The normalized spacial score (nSPS) is 12.6. The van der Waals surface area contributed by atoms with Crippen LogP contribution < -0.4 is 5.32 Å². The molecule has 0 aliphatic carbocycles. The average molecular weight is 1230 g/mol. The van der Waals surface area contributed by atoms with Gasteiger partial charge in [0.25, 0.3) is 0 Å². The monoisotopic (exact) mass is 1220 g/mol. The van der Waals surface area contributed by atoms with Crippen LogP contribution >= 0.6 is 0 Å². The number of hydrogen-bond acceptors (Lipinski definition) is 5. The van der Waals surface area contributed by atoms with E-state index in [0.717, 1.165) is 38.5 Å². The Bertz CT molecular complexity index is 1360. The van der Waals surface area contributed by atoms with Gasteiger partial charge in [0.05, 0.1) is 25.4 Å². The summed E-state index contributed by atoms with van der Waals surface area (Å²) in [4.78, 5) is 24.7. The van der Waals surface area contributed by atoms with Gasteiger partial charge in [-0.15, -0.1) is 0 Å². The van der Waals surface area contributed by atoms with E-state index in [9.17, 15) is 19.8 Å². The predicted octanol–water partition coefficient (Wildman–Crippen LogP) is 26.4. The topological polar surface area (TPSA) is 95.9 Å². The van der Waals surface area contributed by atoms with Crippen molar-refractivity contribution < 1.29 is 24.5 Å². The van der Waals surface area contributed by atoms with Crippen molar-refractivity contribution in [3.8, 4) is 0 Å². The number of nitrogens with one attached hydrogen (secondary N) is 1. The number of carbonyl (C=O) groups is 2. The summed E-state index contributed by atoms with van der Waals surface area (Å²) in [5.41, 5.74) is 0. The second-order valence-corrected chi connectivity index (χ2v) is 27.8. The lowest BCUT2D eigenvalue weighted by Gasteiger charge is -2.20. The van der Waals surface area contributed by atoms with E-state index in [1.165, 1.54) is 392 Å².